The van der Waals surface area contributed by atoms with E-state index in [1.54, 1.807) is 40.1 Å². The van der Waals surface area contributed by atoms with Gasteiger partial charge in [-0.1, -0.05) is 18.2 Å². The zero-order valence-electron chi connectivity index (χ0n) is 21.3. The average molecular weight is 507 g/mol. The second-order valence-corrected chi connectivity index (χ2v) is 9.83. The first kappa shape index (κ1) is 26.1. The maximum atomic E-state index is 15.7. The molecule has 2 aliphatic heterocycles. The molecule has 0 aromatic heterocycles. The van der Waals surface area contributed by atoms with E-state index in [2.05, 4.69) is 5.32 Å². The van der Waals surface area contributed by atoms with Gasteiger partial charge in [0.05, 0.1) is 18.2 Å². The summed E-state index contributed by atoms with van der Waals surface area (Å²) in [6.45, 7) is 6.57. The molecule has 37 heavy (non-hydrogen) atoms. The van der Waals surface area contributed by atoms with Gasteiger partial charge in [0, 0.05) is 57.1 Å². The molecular formula is C28H31FN4O4. The van der Waals surface area contributed by atoms with Gasteiger partial charge in [0.2, 0.25) is 5.91 Å². The first-order valence-electron chi connectivity index (χ1n) is 12.4. The largest absolute Gasteiger partial charge is 0.444 e. The quantitative estimate of drug-likeness (QED) is 0.660. The van der Waals surface area contributed by atoms with Gasteiger partial charge in [-0.25, -0.2) is 9.18 Å². The highest BCUT2D eigenvalue weighted by Crippen LogP contribution is 2.37. The average Bonchev–Trinajstić information content (AvgIpc) is 3.34. The normalized spacial score (nSPS) is 18.7. The molecule has 1 unspecified atom stereocenters. The van der Waals surface area contributed by atoms with E-state index in [-0.39, 0.29) is 43.8 Å². The number of carbonyl (C=O) groups is 3. The summed E-state index contributed by atoms with van der Waals surface area (Å²) >= 11 is 0. The van der Waals surface area contributed by atoms with Crippen LogP contribution in [0.25, 0.3) is 0 Å². The van der Waals surface area contributed by atoms with Crippen LogP contribution in [0.2, 0.25) is 0 Å². The number of hydrogen-bond donors (Lipinski definition) is 1. The van der Waals surface area contributed by atoms with E-state index in [0.29, 0.717) is 41.9 Å². The van der Waals surface area contributed by atoms with Crippen molar-refractivity contribution < 1.29 is 23.5 Å². The summed E-state index contributed by atoms with van der Waals surface area (Å²) in [6, 6.07) is 12.0. The minimum Gasteiger partial charge on any atom is -0.444 e. The lowest BCUT2D eigenvalue weighted by Crippen LogP contribution is -2.43. The number of anilines is 1. The predicted molar refractivity (Wildman–Crippen MR) is 136 cm³/mol. The molecule has 8 nitrogen and oxygen atoms in total. The fourth-order valence-corrected chi connectivity index (χ4v) is 4.99. The van der Waals surface area contributed by atoms with Crippen molar-refractivity contribution in [1.82, 2.24) is 9.80 Å². The Morgan fingerprint density at radius 1 is 1.05 bits per heavy atom. The number of nitrogens with one attached hydrogen (secondary N) is 1. The molecule has 0 saturated carbocycles. The van der Waals surface area contributed by atoms with E-state index >= 15 is 4.39 Å². The molecular weight excluding hydrogens is 475 g/mol. The molecule has 2 heterocycles. The summed E-state index contributed by atoms with van der Waals surface area (Å²) in [5.74, 6) is -0.271. The summed E-state index contributed by atoms with van der Waals surface area (Å²) in [5, 5.41) is 11.7. The summed E-state index contributed by atoms with van der Waals surface area (Å²) < 4.78 is 21.1. The van der Waals surface area contributed by atoms with Gasteiger partial charge >= 0.3 is 6.09 Å². The highest BCUT2D eigenvalue weighted by atomic mass is 19.1. The SMILES string of the molecule is CC(=O)N1CCC(OC(=O)Nc2cc(C(=O)N3CCC(F)(c4ccc(C#N)cc4)CC3)c(C)cc2C)C1. The number of nitrogens with zero attached hydrogens (tertiary/aromatic N) is 3. The van der Waals surface area contributed by atoms with Crippen LogP contribution < -0.4 is 5.32 Å². The van der Waals surface area contributed by atoms with E-state index in [9.17, 15) is 14.4 Å². The van der Waals surface area contributed by atoms with Gasteiger partial charge < -0.3 is 14.5 Å². The fraction of sp³-hybridized carbons (Fsp3) is 0.429. The molecule has 2 saturated heterocycles. The number of benzene rings is 2. The molecule has 0 bridgehead atoms. The maximum absolute atomic E-state index is 15.7. The summed E-state index contributed by atoms with van der Waals surface area (Å²) in [5.41, 5.74) is 1.89. The lowest BCUT2D eigenvalue weighted by molar-refractivity contribution is -0.128. The molecule has 0 radical (unpaired) electrons. The third kappa shape index (κ3) is 5.74. The number of rotatable bonds is 4. The molecule has 0 aliphatic carbocycles. The molecule has 0 spiro atoms. The number of aryl methyl sites for hydroxylation is 2. The van der Waals surface area contributed by atoms with Crippen molar-refractivity contribution in [2.75, 3.05) is 31.5 Å². The van der Waals surface area contributed by atoms with Crippen LogP contribution in [0.5, 0.6) is 0 Å². The lowest BCUT2D eigenvalue weighted by Gasteiger charge is -2.37. The van der Waals surface area contributed by atoms with Crippen LogP contribution in [0, 0.1) is 25.2 Å². The summed E-state index contributed by atoms with van der Waals surface area (Å²) in [6.07, 6.45) is -0.112. The molecule has 2 aromatic rings. The minimum atomic E-state index is -1.55. The molecule has 2 fully saturated rings. The highest BCUT2D eigenvalue weighted by molar-refractivity contribution is 5.98. The number of alkyl halides is 1. The number of piperidine rings is 1. The topological polar surface area (TPSA) is 103 Å². The maximum Gasteiger partial charge on any atom is 0.411 e. The Hall–Kier alpha value is -3.93. The molecule has 2 aromatic carbocycles. The first-order valence-corrected chi connectivity index (χ1v) is 12.4. The van der Waals surface area contributed by atoms with Crippen molar-refractivity contribution in [2.24, 2.45) is 0 Å². The van der Waals surface area contributed by atoms with Gasteiger partial charge in [-0.05, 0) is 48.7 Å². The number of hydrogen-bond acceptors (Lipinski definition) is 5. The molecule has 9 heteroatoms. The smallest absolute Gasteiger partial charge is 0.411 e. The standard InChI is InChI=1S/C28H31FN4O4/c1-18-14-19(2)25(31-27(36)37-23-8-11-33(17-23)20(3)34)15-24(18)26(35)32-12-9-28(29,10-13-32)22-6-4-21(16-30)5-7-22/h4-7,14-15,23H,8-13,17H2,1-3H3,(H,31,36). The van der Waals surface area contributed by atoms with Gasteiger partial charge in [0.25, 0.3) is 5.91 Å². The summed E-state index contributed by atoms with van der Waals surface area (Å²) in [4.78, 5) is 40.7. The van der Waals surface area contributed by atoms with Crippen LogP contribution in [-0.2, 0) is 15.2 Å². The van der Waals surface area contributed by atoms with E-state index in [0.717, 1.165) is 11.1 Å². The minimum absolute atomic E-state index is 0.0522. The molecule has 2 aliphatic rings. The van der Waals surface area contributed by atoms with E-state index in [4.69, 9.17) is 10.00 Å². The van der Waals surface area contributed by atoms with Crippen LogP contribution in [-0.4, -0.2) is 60.0 Å². The zero-order valence-corrected chi connectivity index (χ0v) is 21.3. The Balaban J connectivity index is 1.41. The van der Waals surface area contributed by atoms with Crippen LogP contribution in [0.4, 0.5) is 14.9 Å². The fourth-order valence-electron chi connectivity index (χ4n) is 4.99. The Bertz CT molecular complexity index is 1250. The molecule has 194 valence electrons. The van der Waals surface area contributed by atoms with Gasteiger partial charge in [-0.2, -0.15) is 5.26 Å². The molecule has 4 rings (SSSR count). The van der Waals surface area contributed by atoms with Gasteiger partial charge in [-0.3, -0.25) is 14.9 Å². The van der Waals surface area contributed by atoms with Gasteiger partial charge in [-0.15, -0.1) is 0 Å². The van der Waals surface area contributed by atoms with Crippen LogP contribution >= 0.6 is 0 Å². The predicted octanol–water partition coefficient (Wildman–Crippen LogP) is 4.45. The zero-order chi connectivity index (χ0) is 26.7. The van der Waals surface area contributed by atoms with E-state index in [1.165, 1.54) is 6.92 Å². The lowest BCUT2D eigenvalue weighted by atomic mass is 9.85. The number of amides is 3. The molecule has 3 amide bonds. The van der Waals surface area contributed by atoms with Crippen molar-refractivity contribution in [2.45, 2.75) is 51.8 Å². The number of halogens is 1. The van der Waals surface area contributed by atoms with Crippen molar-refractivity contribution >= 4 is 23.6 Å². The third-order valence-electron chi connectivity index (χ3n) is 7.28. The second-order valence-electron chi connectivity index (χ2n) is 9.83. The summed E-state index contributed by atoms with van der Waals surface area (Å²) in [7, 11) is 0. The van der Waals surface area contributed by atoms with E-state index in [1.807, 2.05) is 26.0 Å². The Kier molecular flexibility index (Phi) is 7.48. The van der Waals surface area contributed by atoms with Gasteiger partial charge in [0.15, 0.2) is 0 Å². The Morgan fingerprint density at radius 3 is 2.32 bits per heavy atom. The highest BCUT2D eigenvalue weighted by Gasteiger charge is 2.38. The van der Waals surface area contributed by atoms with Crippen molar-refractivity contribution in [3.63, 3.8) is 0 Å². The number of likely N-dealkylation sites (tertiary alicyclic amines) is 2. The first-order chi connectivity index (χ1) is 17.6. The third-order valence-corrected chi connectivity index (χ3v) is 7.28. The molecule has 1 atom stereocenters. The Morgan fingerprint density at radius 2 is 1.73 bits per heavy atom. The second kappa shape index (κ2) is 10.6. The van der Waals surface area contributed by atoms with Crippen LogP contribution in [0.15, 0.2) is 36.4 Å². The van der Waals surface area contributed by atoms with Gasteiger partial charge in [0.1, 0.15) is 11.8 Å². The van der Waals surface area contributed by atoms with Crippen molar-refractivity contribution in [3.8, 4) is 6.07 Å². The van der Waals surface area contributed by atoms with Crippen LogP contribution in [0.3, 0.4) is 0 Å². The number of carbonyl (C=O) groups excluding carboxylic acids is 3. The van der Waals surface area contributed by atoms with Crippen molar-refractivity contribution in [3.05, 3.63) is 64.2 Å². The van der Waals surface area contributed by atoms with Crippen LogP contribution in [0.1, 0.15) is 58.8 Å². The van der Waals surface area contributed by atoms with E-state index < -0.39 is 11.8 Å². The van der Waals surface area contributed by atoms with Crippen molar-refractivity contribution in [1.29, 1.82) is 5.26 Å². The molecule has 1 N–H and O–H groups in total. The monoisotopic (exact) mass is 506 g/mol. The Labute approximate surface area is 216 Å². The number of nitriles is 1. The number of ether oxygens (including phenoxy) is 1.